The third kappa shape index (κ3) is 5.37. The summed E-state index contributed by atoms with van der Waals surface area (Å²) in [6.45, 7) is 5.45. The standard InChI is InChI=1S/C18H19Cl2N3O2/c1-18(2,3)23(17(25)21-15-10-8-14(20)9-11-15)22-16(24)12-4-6-13(19)7-5-12/h4-11H,1-3H3,(H,21,25)(H,22,24). The Morgan fingerprint density at radius 3 is 1.84 bits per heavy atom. The van der Waals surface area contributed by atoms with E-state index in [0.717, 1.165) is 0 Å². The highest BCUT2D eigenvalue weighted by atomic mass is 35.5. The first-order valence-electron chi connectivity index (χ1n) is 7.60. The van der Waals surface area contributed by atoms with Gasteiger partial charge < -0.3 is 5.32 Å². The van der Waals surface area contributed by atoms with Crippen molar-refractivity contribution in [2.75, 3.05) is 5.32 Å². The molecule has 7 heteroatoms. The van der Waals surface area contributed by atoms with E-state index in [0.29, 0.717) is 21.3 Å². The number of nitrogens with zero attached hydrogens (tertiary/aromatic N) is 1. The molecule has 2 aromatic carbocycles. The number of hydrazine groups is 1. The topological polar surface area (TPSA) is 61.4 Å². The molecule has 0 heterocycles. The van der Waals surface area contributed by atoms with Crippen molar-refractivity contribution in [1.29, 1.82) is 0 Å². The molecule has 2 N–H and O–H groups in total. The van der Waals surface area contributed by atoms with E-state index in [9.17, 15) is 9.59 Å². The highest BCUT2D eigenvalue weighted by Crippen LogP contribution is 2.17. The minimum atomic E-state index is -0.640. The van der Waals surface area contributed by atoms with Crippen LogP contribution in [-0.4, -0.2) is 22.5 Å². The molecule has 0 aliphatic heterocycles. The van der Waals surface area contributed by atoms with Gasteiger partial charge in [-0.15, -0.1) is 0 Å². The van der Waals surface area contributed by atoms with Crippen molar-refractivity contribution in [3.63, 3.8) is 0 Å². The van der Waals surface area contributed by atoms with Gasteiger partial charge in [0.15, 0.2) is 0 Å². The van der Waals surface area contributed by atoms with Gasteiger partial charge >= 0.3 is 6.03 Å². The molecule has 2 rings (SSSR count). The molecule has 0 aliphatic carbocycles. The molecular weight excluding hydrogens is 361 g/mol. The van der Waals surface area contributed by atoms with Gasteiger partial charge in [-0.2, -0.15) is 0 Å². The van der Waals surface area contributed by atoms with Crippen molar-refractivity contribution >= 4 is 40.8 Å². The van der Waals surface area contributed by atoms with Crippen molar-refractivity contribution in [2.45, 2.75) is 26.3 Å². The largest absolute Gasteiger partial charge is 0.341 e. The molecule has 0 unspecified atom stereocenters. The fourth-order valence-electron chi connectivity index (χ4n) is 2.00. The number of hydrogen-bond donors (Lipinski definition) is 2. The number of amides is 3. The van der Waals surface area contributed by atoms with Crippen molar-refractivity contribution in [3.05, 3.63) is 64.1 Å². The summed E-state index contributed by atoms with van der Waals surface area (Å²) in [5.74, 6) is -0.405. The summed E-state index contributed by atoms with van der Waals surface area (Å²) in [6, 6.07) is 12.7. The molecule has 132 valence electrons. The molecule has 3 amide bonds. The van der Waals surface area contributed by atoms with E-state index in [1.165, 1.54) is 5.01 Å². The van der Waals surface area contributed by atoms with Crippen LogP contribution in [0, 0.1) is 0 Å². The molecule has 2 aromatic rings. The number of nitrogens with one attached hydrogen (secondary N) is 2. The van der Waals surface area contributed by atoms with E-state index in [4.69, 9.17) is 23.2 Å². The Morgan fingerprint density at radius 1 is 0.880 bits per heavy atom. The fourth-order valence-corrected chi connectivity index (χ4v) is 2.26. The zero-order valence-corrected chi connectivity index (χ0v) is 15.7. The highest BCUT2D eigenvalue weighted by molar-refractivity contribution is 6.31. The maximum absolute atomic E-state index is 12.6. The second kappa shape index (κ2) is 7.76. The van der Waals surface area contributed by atoms with Gasteiger partial charge in [0.2, 0.25) is 0 Å². The van der Waals surface area contributed by atoms with Gasteiger partial charge in [-0.25, -0.2) is 9.80 Å². The monoisotopic (exact) mass is 379 g/mol. The first kappa shape index (κ1) is 19.1. The van der Waals surface area contributed by atoms with Crippen molar-refractivity contribution in [2.24, 2.45) is 0 Å². The lowest BCUT2D eigenvalue weighted by Crippen LogP contribution is -2.57. The van der Waals surface area contributed by atoms with Crippen molar-refractivity contribution in [1.82, 2.24) is 10.4 Å². The number of halogens is 2. The number of urea groups is 1. The molecule has 0 spiro atoms. The molecule has 0 saturated heterocycles. The maximum Gasteiger partial charge on any atom is 0.341 e. The summed E-state index contributed by atoms with van der Waals surface area (Å²) >= 11 is 11.7. The van der Waals surface area contributed by atoms with Gasteiger partial charge in [-0.1, -0.05) is 23.2 Å². The van der Waals surface area contributed by atoms with Crippen LogP contribution >= 0.6 is 23.2 Å². The van der Waals surface area contributed by atoms with Crippen LogP contribution < -0.4 is 10.7 Å². The molecule has 0 radical (unpaired) electrons. The van der Waals surface area contributed by atoms with E-state index in [1.807, 2.05) is 20.8 Å². The lowest BCUT2D eigenvalue weighted by Gasteiger charge is -2.35. The van der Waals surface area contributed by atoms with Crippen LogP contribution in [0.5, 0.6) is 0 Å². The fraction of sp³-hybridized carbons (Fsp3) is 0.222. The Balaban J connectivity index is 2.15. The Labute approximate surface area is 156 Å². The second-order valence-corrected chi connectivity index (χ2v) is 7.26. The first-order valence-corrected chi connectivity index (χ1v) is 8.36. The molecule has 5 nitrogen and oxygen atoms in total. The predicted octanol–water partition coefficient (Wildman–Crippen LogP) is 4.97. The van der Waals surface area contributed by atoms with Crippen LogP contribution in [0.3, 0.4) is 0 Å². The van der Waals surface area contributed by atoms with E-state index >= 15 is 0 Å². The third-order valence-electron chi connectivity index (χ3n) is 3.29. The number of hydrogen-bond acceptors (Lipinski definition) is 2. The highest BCUT2D eigenvalue weighted by Gasteiger charge is 2.29. The van der Waals surface area contributed by atoms with Gasteiger partial charge in [0, 0.05) is 21.3 Å². The smallest absolute Gasteiger partial charge is 0.306 e. The van der Waals surface area contributed by atoms with Crippen LogP contribution in [-0.2, 0) is 0 Å². The van der Waals surface area contributed by atoms with E-state index in [2.05, 4.69) is 10.7 Å². The van der Waals surface area contributed by atoms with Gasteiger partial charge in [0.25, 0.3) is 5.91 Å². The van der Waals surface area contributed by atoms with Gasteiger partial charge in [0.1, 0.15) is 0 Å². The van der Waals surface area contributed by atoms with Crippen LogP contribution in [0.4, 0.5) is 10.5 Å². The average molecular weight is 380 g/mol. The minimum Gasteiger partial charge on any atom is -0.306 e. The Hall–Kier alpha value is -2.24. The van der Waals surface area contributed by atoms with Crippen LogP contribution in [0.1, 0.15) is 31.1 Å². The molecule has 0 saturated carbocycles. The van der Waals surface area contributed by atoms with Gasteiger partial charge in [-0.3, -0.25) is 10.2 Å². The van der Waals surface area contributed by atoms with Crippen LogP contribution in [0.2, 0.25) is 10.0 Å². The van der Waals surface area contributed by atoms with Crippen LogP contribution in [0.15, 0.2) is 48.5 Å². The van der Waals surface area contributed by atoms with Gasteiger partial charge in [-0.05, 0) is 69.3 Å². The number of carbonyl (C=O) groups is 2. The quantitative estimate of drug-likeness (QED) is 0.723. The zero-order chi connectivity index (χ0) is 18.6. The summed E-state index contributed by atoms with van der Waals surface area (Å²) in [5, 5.41) is 5.09. The molecular formula is C18H19Cl2N3O2. The maximum atomic E-state index is 12.6. The number of rotatable bonds is 2. The van der Waals surface area contributed by atoms with Crippen molar-refractivity contribution in [3.8, 4) is 0 Å². The summed E-state index contributed by atoms with van der Waals surface area (Å²) in [6.07, 6.45) is 0. The lowest BCUT2D eigenvalue weighted by molar-refractivity contribution is 0.0687. The lowest BCUT2D eigenvalue weighted by atomic mass is 10.1. The second-order valence-electron chi connectivity index (χ2n) is 6.39. The molecule has 0 bridgehead atoms. The minimum absolute atomic E-state index is 0.401. The number of carbonyl (C=O) groups excluding carboxylic acids is 2. The SMILES string of the molecule is CC(C)(C)N(NC(=O)c1ccc(Cl)cc1)C(=O)Nc1ccc(Cl)cc1. The molecule has 0 fully saturated rings. The first-order chi connectivity index (χ1) is 11.7. The Kier molecular flexibility index (Phi) is 5.93. The van der Waals surface area contributed by atoms with Crippen LogP contribution in [0.25, 0.3) is 0 Å². The van der Waals surface area contributed by atoms with E-state index in [1.54, 1.807) is 48.5 Å². The zero-order valence-electron chi connectivity index (χ0n) is 14.1. The van der Waals surface area contributed by atoms with E-state index < -0.39 is 17.5 Å². The number of benzene rings is 2. The third-order valence-corrected chi connectivity index (χ3v) is 3.79. The molecule has 0 aromatic heterocycles. The average Bonchev–Trinajstić information content (AvgIpc) is 2.54. The number of anilines is 1. The van der Waals surface area contributed by atoms with Crippen molar-refractivity contribution < 1.29 is 9.59 Å². The normalized spacial score (nSPS) is 10.9. The van der Waals surface area contributed by atoms with E-state index in [-0.39, 0.29) is 0 Å². The molecule has 0 aliphatic rings. The summed E-state index contributed by atoms with van der Waals surface area (Å²) in [5.41, 5.74) is 2.97. The summed E-state index contributed by atoms with van der Waals surface area (Å²) < 4.78 is 0. The summed E-state index contributed by atoms with van der Waals surface area (Å²) in [4.78, 5) is 25.0. The Morgan fingerprint density at radius 2 is 1.36 bits per heavy atom. The molecule has 25 heavy (non-hydrogen) atoms. The molecule has 0 atom stereocenters. The Bertz CT molecular complexity index is 753. The predicted molar refractivity (Wildman–Crippen MR) is 101 cm³/mol. The van der Waals surface area contributed by atoms with Gasteiger partial charge in [0.05, 0.1) is 5.54 Å². The summed E-state index contributed by atoms with van der Waals surface area (Å²) in [7, 11) is 0.